The number of carbonyl (C=O) groups excluding carboxylic acids is 5. The summed E-state index contributed by atoms with van der Waals surface area (Å²) in [5.41, 5.74) is -2.57. The molecule has 3 unspecified atom stereocenters. The predicted molar refractivity (Wildman–Crippen MR) is 355 cm³/mol. The van der Waals surface area contributed by atoms with Crippen LogP contribution in [0, 0.1) is 85.8 Å². The summed E-state index contributed by atoms with van der Waals surface area (Å²) >= 11 is 0. The van der Waals surface area contributed by atoms with Crippen LogP contribution in [0.5, 0.6) is 0 Å². The van der Waals surface area contributed by atoms with Gasteiger partial charge in [-0.15, -0.1) is 0 Å². The molecule has 0 aromatic rings. The third-order valence-corrected chi connectivity index (χ3v) is 25.5. The second-order valence-electron chi connectivity index (χ2n) is 35.5. The van der Waals surface area contributed by atoms with Crippen LogP contribution in [0.1, 0.15) is 345 Å². The lowest BCUT2D eigenvalue weighted by molar-refractivity contribution is -0.213. The van der Waals surface area contributed by atoms with Crippen molar-refractivity contribution in [2.45, 2.75) is 373 Å². The van der Waals surface area contributed by atoms with Crippen LogP contribution in [-0.4, -0.2) is 57.9 Å². The molecule has 0 heterocycles. The van der Waals surface area contributed by atoms with Gasteiger partial charge in [-0.05, 0) is 331 Å². The standard InChI is InChI=1S/C19H32O2.C17H28O2.C16H30O2.C13H24O2.C12H22O2/c1-6-17(2,3)16(20)21-18(4,5)19-10-13-7-14(11-19)9-15(8-13)12-19;1-5-16(3,4)15(18)19-17-9-12-6-13(10-17)8-14(7-12)11(17)2;1-7-15(3,4)14(17)18-16(5,6)13-10-8-12(2)9-11-13;1-5-12(2,3)11(14)15-13(4)9-7-6-8-10-13;1-5-11(2,3)10(13)14-12(4)8-6-7-9-12/h13-15H,6-12H2,1-5H3;11-14H,5-10H2,1-4H3;12-13H,7-11H2,1-6H3;5-10H2,1-4H3;5-9H2,1-4H3. The molecule has 0 saturated heterocycles. The largest absolute Gasteiger partial charge is 0.459 e. The average Bonchev–Trinajstić information content (AvgIpc) is 1.10. The minimum atomic E-state index is -0.362. The van der Waals surface area contributed by atoms with Gasteiger partial charge >= 0.3 is 29.8 Å². The second kappa shape index (κ2) is 29.1. The minimum Gasteiger partial charge on any atom is -0.459 e. The zero-order valence-corrected chi connectivity index (χ0v) is 60.8. The third kappa shape index (κ3) is 19.0. The van der Waals surface area contributed by atoms with Gasteiger partial charge in [0.25, 0.3) is 0 Å². The Morgan fingerprint density at radius 1 is 0.391 bits per heavy atom. The molecule has 0 aromatic carbocycles. The van der Waals surface area contributed by atoms with Crippen molar-refractivity contribution in [3.63, 3.8) is 0 Å². The van der Waals surface area contributed by atoms with E-state index in [9.17, 15) is 24.0 Å². The maximum Gasteiger partial charge on any atom is 0.312 e. The topological polar surface area (TPSA) is 132 Å². The van der Waals surface area contributed by atoms with Gasteiger partial charge in [0, 0.05) is 5.41 Å². The Kier molecular flexibility index (Phi) is 25.1. The highest BCUT2D eigenvalue weighted by atomic mass is 16.6. The van der Waals surface area contributed by atoms with Crippen LogP contribution >= 0.6 is 0 Å². The van der Waals surface area contributed by atoms with Crippen molar-refractivity contribution in [1.82, 2.24) is 0 Å². The molecular weight excluding hydrogens is 1080 g/mol. The Hall–Kier alpha value is -2.65. The monoisotopic (exact) mass is 1220 g/mol. The maximum atomic E-state index is 12.6. The van der Waals surface area contributed by atoms with Crippen molar-refractivity contribution in [1.29, 1.82) is 0 Å². The van der Waals surface area contributed by atoms with Crippen LogP contribution in [0.4, 0.5) is 0 Å². The van der Waals surface area contributed by atoms with Crippen molar-refractivity contribution in [2.75, 3.05) is 0 Å². The number of hydrogen-bond donors (Lipinski definition) is 0. The van der Waals surface area contributed by atoms with Gasteiger partial charge in [0.2, 0.25) is 0 Å². The van der Waals surface area contributed by atoms with E-state index in [1.165, 1.54) is 116 Å². The summed E-state index contributed by atoms with van der Waals surface area (Å²) in [5, 5.41) is 0. The van der Waals surface area contributed by atoms with Gasteiger partial charge in [0.15, 0.2) is 0 Å². The highest BCUT2D eigenvalue weighted by molar-refractivity contribution is 5.78. The van der Waals surface area contributed by atoms with Gasteiger partial charge in [0.1, 0.15) is 28.0 Å². The number of carbonyl (C=O) groups is 5. The lowest BCUT2D eigenvalue weighted by Crippen LogP contribution is -2.59. The first-order valence-electron chi connectivity index (χ1n) is 36.2. The van der Waals surface area contributed by atoms with E-state index in [1.807, 2.05) is 90.0 Å². The van der Waals surface area contributed by atoms with E-state index in [0.717, 1.165) is 112 Å². The number of rotatable bonds is 17. The quantitative estimate of drug-likeness (QED) is 0.102. The molecule has 0 aromatic heterocycles. The van der Waals surface area contributed by atoms with Crippen LogP contribution in [0.25, 0.3) is 0 Å². The van der Waals surface area contributed by atoms with E-state index in [1.54, 1.807) is 0 Å². The molecule has 10 nitrogen and oxygen atoms in total. The smallest absolute Gasteiger partial charge is 0.312 e. The Labute approximate surface area is 534 Å². The molecule has 0 spiro atoms. The summed E-state index contributed by atoms with van der Waals surface area (Å²) in [6.45, 7) is 47.3. The predicted octanol–water partition coefficient (Wildman–Crippen LogP) is 20.7. The van der Waals surface area contributed by atoms with Crippen LogP contribution in [0.2, 0.25) is 0 Å². The molecule has 0 amide bonds. The average molecular weight is 1220 g/mol. The molecule has 0 N–H and O–H groups in total. The van der Waals surface area contributed by atoms with Crippen molar-refractivity contribution in [2.24, 2.45) is 85.8 Å². The lowest BCUT2D eigenvalue weighted by Gasteiger charge is -2.61. The fourth-order valence-corrected chi connectivity index (χ4v) is 16.5. The maximum absolute atomic E-state index is 12.6. The fraction of sp³-hybridized carbons (Fsp3) is 0.935. The third-order valence-electron chi connectivity index (χ3n) is 25.5. The molecule has 87 heavy (non-hydrogen) atoms. The van der Waals surface area contributed by atoms with E-state index in [0.29, 0.717) is 11.8 Å². The summed E-state index contributed by atoms with van der Waals surface area (Å²) in [4.78, 5) is 61.1. The molecule has 0 radical (unpaired) electrons. The van der Waals surface area contributed by atoms with Gasteiger partial charge in [-0.2, -0.15) is 0 Å². The van der Waals surface area contributed by atoms with E-state index in [4.69, 9.17) is 23.7 Å². The number of ether oxygens (including phenoxy) is 5. The number of esters is 5. The van der Waals surface area contributed by atoms with E-state index in [2.05, 4.69) is 69.2 Å². The summed E-state index contributed by atoms with van der Waals surface area (Å²) in [7, 11) is 0. The summed E-state index contributed by atoms with van der Waals surface area (Å²) in [6, 6.07) is 0. The molecular formula is C77H136O10. The number of hydrogen-bond acceptors (Lipinski definition) is 10. The van der Waals surface area contributed by atoms with Crippen molar-refractivity contribution in [3.05, 3.63) is 0 Å². The summed E-state index contributed by atoms with van der Waals surface area (Å²) < 4.78 is 29.5. The molecule has 8 bridgehead atoms. The second-order valence-corrected chi connectivity index (χ2v) is 35.5. The Bertz CT molecular complexity index is 2210. The SMILES string of the molecule is CCC(C)(C)C(=O)OC(C)(C)C12CC3CC(CC(C3)C1)C2.CCC(C)(C)C(=O)OC(C)(C)C1CCC(C)CC1.CCC(C)(C)C(=O)OC1(C)CCCC1.CCC(C)(C)C(=O)OC1(C)CCCCC1.CCC(C)(C)C(=O)OC12CC3CC(CC(C3)C1C)C2. The van der Waals surface area contributed by atoms with Crippen molar-refractivity contribution >= 4 is 29.8 Å². The van der Waals surface area contributed by atoms with Crippen molar-refractivity contribution < 1.29 is 47.7 Å². The summed E-state index contributed by atoms with van der Waals surface area (Å²) in [5.74, 6) is 6.97. The minimum absolute atomic E-state index is 0.00857. The molecule has 11 saturated carbocycles. The van der Waals surface area contributed by atoms with Gasteiger partial charge < -0.3 is 23.7 Å². The molecule has 11 fully saturated rings. The zero-order chi connectivity index (χ0) is 65.6. The van der Waals surface area contributed by atoms with E-state index in [-0.39, 0.29) is 90.3 Å². The molecule has 11 aliphatic carbocycles. The molecule has 504 valence electrons. The first-order chi connectivity index (χ1) is 40.0. The zero-order valence-electron chi connectivity index (χ0n) is 60.8. The van der Waals surface area contributed by atoms with Gasteiger partial charge in [-0.3, -0.25) is 24.0 Å². The van der Waals surface area contributed by atoms with Gasteiger partial charge in [-0.1, -0.05) is 67.7 Å². The lowest BCUT2D eigenvalue weighted by atomic mass is 9.46. The van der Waals surface area contributed by atoms with E-state index >= 15 is 0 Å². The molecule has 11 rings (SSSR count). The van der Waals surface area contributed by atoms with Gasteiger partial charge in [0.05, 0.1) is 27.1 Å². The first-order valence-corrected chi connectivity index (χ1v) is 36.2. The normalized spacial score (nSPS) is 31.4. The fourth-order valence-electron chi connectivity index (χ4n) is 16.5. The molecule has 3 atom stereocenters. The molecule has 10 heteroatoms. The van der Waals surface area contributed by atoms with E-state index < -0.39 is 0 Å². The van der Waals surface area contributed by atoms with Crippen LogP contribution < -0.4 is 0 Å². The van der Waals surface area contributed by atoms with Crippen molar-refractivity contribution in [3.8, 4) is 0 Å². The highest BCUT2D eigenvalue weighted by Crippen LogP contribution is 2.65. The Morgan fingerprint density at radius 3 is 1.06 bits per heavy atom. The molecule has 11 aliphatic rings. The first kappa shape index (κ1) is 75.1. The highest BCUT2D eigenvalue weighted by Gasteiger charge is 2.60. The Morgan fingerprint density at radius 2 is 0.701 bits per heavy atom. The Balaban J connectivity index is 0.000000200. The van der Waals surface area contributed by atoms with Crippen LogP contribution in [0.15, 0.2) is 0 Å². The van der Waals surface area contributed by atoms with Gasteiger partial charge in [-0.25, -0.2) is 0 Å². The van der Waals surface area contributed by atoms with Crippen LogP contribution in [-0.2, 0) is 47.7 Å². The summed E-state index contributed by atoms with van der Waals surface area (Å²) in [6.07, 6.45) is 33.8. The molecule has 0 aliphatic heterocycles. The van der Waals surface area contributed by atoms with Crippen LogP contribution in [0.3, 0.4) is 0 Å².